The standard InChI is InChI=1S/C13H18BrFN2O2S/c1-2-9-4-3-5-17(8-9)20(18,19)13-7-12(16)10(14)6-11(13)15/h6-7,9H,2-5,8,16H2,1H3. The van der Waals surface area contributed by atoms with Crippen LogP contribution in [-0.2, 0) is 10.0 Å². The molecule has 1 heterocycles. The molecule has 0 spiro atoms. The van der Waals surface area contributed by atoms with Crippen molar-refractivity contribution in [2.45, 2.75) is 31.1 Å². The first-order valence-corrected chi connectivity index (χ1v) is 8.84. The molecule has 112 valence electrons. The molecule has 0 saturated carbocycles. The quantitative estimate of drug-likeness (QED) is 0.838. The van der Waals surface area contributed by atoms with Crippen LogP contribution in [0.2, 0.25) is 0 Å². The zero-order valence-corrected chi connectivity index (χ0v) is 13.7. The van der Waals surface area contributed by atoms with Gasteiger partial charge in [0.2, 0.25) is 10.0 Å². The van der Waals surface area contributed by atoms with Crippen molar-refractivity contribution < 1.29 is 12.8 Å². The van der Waals surface area contributed by atoms with Gasteiger partial charge in [0.1, 0.15) is 10.7 Å². The van der Waals surface area contributed by atoms with E-state index in [2.05, 4.69) is 15.9 Å². The summed E-state index contributed by atoms with van der Waals surface area (Å²) in [6, 6.07) is 2.29. The molecule has 0 aromatic heterocycles. The average Bonchev–Trinajstić information content (AvgIpc) is 2.42. The molecule has 1 unspecified atom stereocenters. The van der Waals surface area contributed by atoms with Gasteiger partial charge in [-0.15, -0.1) is 0 Å². The Hall–Kier alpha value is -0.660. The van der Waals surface area contributed by atoms with Gasteiger partial charge in [-0.1, -0.05) is 13.3 Å². The molecule has 1 aliphatic heterocycles. The number of sulfonamides is 1. The number of piperidine rings is 1. The lowest BCUT2D eigenvalue weighted by atomic mass is 9.97. The van der Waals surface area contributed by atoms with Crippen molar-refractivity contribution in [2.75, 3.05) is 18.8 Å². The van der Waals surface area contributed by atoms with Crippen LogP contribution in [0.3, 0.4) is 0 Å². The third-order valence-electron chi connectivity index (χ3n) is 3.73. The maximum absolute atomic E-state index is 14.0. The van der Waals surface area contributed by atoms with Crippen molar-refractivity contribution >= 4 is 31.6 Å². The van der Waals surface area contributed by atoms with Crippen LogP contribution in [0.15, 0.2) is 21.5 Å². The van der Waals surface area contributed by atoms with E-state index >= 15 is 0 Å². The number of halogens is 2. The number of nitrogens with zero attached hydrogens (tertiary/aromatic N) is 1. The monoisotopic (exact) mass is 364 g/mol. The van der Waals surface area contributed by atoms with Gasteiger partial charge in [0.05, 0.1) is 0 Å². The number of nitrogen functional groups attached to an aromatic ring is 1. The van der Waals surface area contributed by atoms with Crippen LogP contribution in [0.1, 0.15) is 26.2 Å². The molecule has 7 heteroatoms. The lowest BCUT2D eigenvalue weighted by molar-refractivity contribution is 0.261. The van der Waals surface area contributed by atoms with Crippen LogP contribution in [0.25, 0.3) is 0 Å². The molecule has 4 nitrogen and oxygen atoms in total. The maximum Gasteiger partial charge on any atom is 0.246 e. The molecule has 1 aromatic rings. The number of hydrogen-bond donors (Lipinski definition) is 1. The van der Waals surface area contributed by atoms with Crippen LogP contribution in [-0.4, -0.2) is 25.8 Å². The first kappa shape index (κ1) is 15.7. The smallest absolute Gasteiger partial charge is 0.246 e. The minimum atomic E-state index is -3.82. The summed E-state index contributed by atoms with van der Waals surface area (Å²) in [5.41, 5.74) is 5.89. The fourth-order valence-electron chi connectivity index (χ4n) is 2.46. The Morgan fingerprint density at radius 3 is 2.85 bits per heavy atom. The molecule has 1 aromatic carbocycles. The molecule has 0 radical (unpaired) electrons. The van der Waals surface area contributed by atoms with E-state index in [1.807, 2.05) is 6.92 Å². The summed E-state index contributed by atoms with van der Waals surface area (Å²) in [5, 5.41) is 0. The van der Waals surface area contributed by atoms with Crippen LogP contribution in [0.4, 0.5) is 10.1 Å². The Labute approximate surface area is 127 Å². The lowest BCUT2D eigenvalue weighted by Crippen LogP contribution is -2.40. The largest absolute Gasteiger partial charge is 0.398 e. The first-order valence-electron chi connectivity index (χ1n) is 6.61. The molecule has 1 fully saturated rings. The summed E-state index contributed by atoms with van der Waals surface area (Å²) >= 11 is 3.09. The van der Waals surface area contributed by atoms with Crippen LogP contribution in [0, 0.1) is 11.7 Å². The summed E-state index contributed by atoms with van der Waals surface area (Å²) in [6.07, 6.45) is 2.76. The lowest BCUT2D eigenvalue weighted by Gasteiger charge is -2.31. The van der Waals surface area contributed by atoms with Gasteiger partial charge in [-0.2, -0.15) is 4.31 Å². The molecule has 1 aliphatic rings. The van der Waals surface area contributed by atoms with Crippen LogP contribution < -0.4 is 5.73 Å². The van der Waals surface area contributed by atoms with Crippen molar-refractivity contribution in [2.24, 2.45) is 5.92 Å². The van der Waals surface area contributed by atoms with Crippen molar-refractivity contribution in [1.29, 1.82) is 0 Å². The number of rotatable bonds is 3. The molecule has 1 saturated heterocycles. The summed E-state index contributed by atoms with van der Waals surface area (Å²) in [4.78, 5) is -0.338. The fraction of sp³-hybridized carbons (Fsp3) is 0.538. The van der Waals surface area contributed by atoms with Gasteiger partial charge in [-0.3, -0.25) is 0 Å². The van der Waals surface area contributed by atoms with E-state index in [1.54, 1.807) is 0 Å². The highest BCUT2D eigenvalue weighted by Gasteiger charge is 2.32. The van der Waals surface area contributed by atoms with Crippen LogP contribution in [0.5, 0.6) is 0 Å². The molecule has 2 N–H and O–H groups in total. The van der Waals surface area contributed by atoms with Crippen molar-refractivity contribution in [3.63, 3.8) is 0 Å². The second-order valence-electron chi connectivity index (χ2n) is 5.08. The zero-order chi connectivity index (χ0) is 14.9. The highest BCUT2D eigenvalue weighted by Crippen LogP contribution is 2.30. The van der Waals surface area contributed by atoms with E-state index in [0.29, 0.717) is 23.5 Å². The second kappa shape index (κ2) is 5.99. The second-order valence-corrected chi connectivity index (χ2v) is 7.84. The first-order chi connectivity index (χ1) is 9.36. The highest BCUT2D eigenvalue weighted by atomic mass is 79.9. The molecule has 0 aliphatic carbocycles. The highest BCUT2D eigenvalue weighted by molar-refractivity contribution is 9.10. The van der Waals surface area contributed by atoms with Gasteiger partial charge in [-0.05, 0) is 46.8 Å². The van der Waals surface area contributed by atoms with Crippen LogP contribution >= 0.6 is 15.9 Å². The molecule has 0 bridgehead atoms. The summed E-state index contributed by atoms with van der Waals surface area (Å²) in [5.74, 6) is -0.431. The SMILES string of the molecule is CCC1CCCN(S(=O)(=O)c2cc(N)c(Br)cc2F)C1. The van der Waals surface area contributed by atoms with Gasteiger partial charge in [-0.25, -0.2) is 12.8 Å². The van der Waals surface area contributed by atoms with Gasteiger partial charge in [0.25, 0.3) is 0 Å². The minimum Gasteiger partial charge on any atom is -0.398 e. The molecular formula is C13H18BrFN2O2S. The van der Waals surface area contributed by atoms with Gasteiger partial charge in [0, 0.05) is 23.2 Å². The third-order valence-corrected chi connectivity index (χ3v) is 6.30. The molecular weight excluding hydrogens is 347 g/mol. The Morgan fingerprint density at radius 1 is 1.50 bits per heavy atom. The molecule has 1 atom stereocenters. The average molecular weight is 365 g/mol. The Kier molecular flexibility index (Phi) is 4.71. The minimum absolute atomic E-state index is 0.217. The molecule has 0 amide bonds. The third kappa shape index (κ3) is 2.99. The van der Waals surface area contributed by atoms with E-state index in [1.165, 1.54) is 10.4 Å². The fourth-order valence-corrected chi connectivity index (χ4v) is 4.41. The van der Waals surface area contributed by atoms with E-state index in [0.717, 1.165) is 25.3 Å². The Balaban J connectivity index is 2.37. The summed E-state index contributed by atoms with van der Waals surface area (Å²) in [7, 11) is -3.82. The number of nitrogens with two attached hydrogens (primary N) is 1. The molecule has 2 rings (SSSR count). The predicted molar refractivity (Wildman–Crippen MR) is 80.3 cm³/mol. The van der Waals surface area contributed by atoms with E-state index in [4.69, 9.17) is 5.73 Å². The van der Waals surface area contributed by atoms with Gasteiger partial charge >= 0.3 is 0 Å². The molecule has 20 heavy (non-hydrogen) atoms. The zero-order valence-electron chi connectivity index (χ0n) is 11.3. The van der Waals surface area contributed by atoms with Crippen molar-refractivity contribution in [1.82, 2.24) is 4.31 Å². The van der Waals surface area contributed by atoms with Gasteiger partial charge in [0.15, 0.2) is 0 Å². The summed E-state index contributed by atoms with van der Waals surface area (Å²) < 4.78 is 40.8. The normalized spacial score (nSPS) is 21.1. The van der Waals surface area contributed by atoms with Crippen molar-refractivity contribution in [3.05, 3.63) is 22.4 Å². The number of benzene rings is 1. The summed E-state index contributed by atoms with van der Waals surface area (Å²) in [6.45, 7) is 2.93. The topological polar surface area (TPSA) is 63.4 Å². The van der Waals surface area contributed by atoms with Gasteiger partial charge < -0.3 is 5.73 Å². The Morgan fingerprint density at radius 2 is 2.20 bits per heavy atom. The Bertz CT molecular complexity index is 607. The van der Waals surface area contributed by atoms with E-state index in [9.17, 15) is 12.8 Å². The number of hydrogen-bond acceptors (Lipinski definition) is 3. The number of anilines is 1. The predicted octanol–water partition coefficient (Wildman–Crippen LogP) is 2.98. The van der Waals surface area contributed by atoms with Crippen molar-refractivity contribution in [3.8, 4) is 0 Å². The maximum atomic E-state index is 14.0. The van der Waals surface area contributed by atoms with E-state index in [-0.39, 0.29) is 10.6 Å². The van der Waals surface area contributed by atoms with E-state index < -0.39 is 15.8 Å².